The number of rotatable bonds is 4. The summed E-state index contributed by atoms with van der Waals surface area (Å²) in [4.78, 5) is 15.6. The Morgan fingerprint density at radius 2 is 2.00 bits per heavy atom. The Kier molecular flexibility index (Phi) is 3.90. The van der Waals surface area contributed by atoms with E-state index >= 15 is 0 Å². The first-order valence-corrected chi connectivity index (χ1v) is 7.59. The van der Waals surface area contributed by atoms with Crippen molar-refractivity contribution in [1.29, 1.82) is 0 Å². The Morgan fingerprint density at radius 3 is 2.78 bits per heavy atom. The Balaban J connectivity index is 1.84. The minimum absolute atomic E-state index is 0.242. The first kappa shape index (κ1) is 15.3. The van der Waals surface area contributed by atoms with Crippen LogP contribution in [0.4, 0.5) is 5.82 Å². The van der Waals surface area contributed by atoms with Crippen LogP contribution in [-0.2, 0) is 6.54 Å². The summed E-state index contributed by atoms with van der Waals surface area (Å²) in [6.45, 7) is 8.81. The van der Waals surface area contributed by atoms with Gasteiger partial charge in [0.15, 0.2) is 11.5 Å². The van der Waals surface area contributed by atoms with E-state index in [9.17, 15) is 0 Å². The van der Waals surface area contributed by atoms with Crippen LogP contribution in [0.3, 0.4) is 0 Å². The van der Waals surface area contributed by atoms with Gasteiger partial charge in [0.2, 0.25) is 0 Å². The number of imidazole rings is 1. The largest absolute Gasteiger partial charge is 0.488 e. The zero-order valence-electron chi connectivity index (χ0n) is 13.8. The highest BCUT2D eigenvalue weighted by atomic mass is 16.5. The number of fused-ring (bicyclic) bond motifs is 1. The summed E-state index contributed by atoms with van der Waals surface area (Å²) in [6.07, 6.45) is 3.12. The summed E-state index contributed by atoms with van der Waals surface area (Å²) in [7, 11) is 0. The second-order valence-electron chi connectivity index (χ2n) is 6.50. The maximum atomic E-state index is 6.08. The topological polar surface area (TPSA) is 75.7 Å². The number of aryl methyl sites for hydroxylation is 1. The summed E-state index contributed by atoms with van der Waals surface area (Å²) in [5, 5.41) is 3.33. The van der Waals surface area contributed by atoms with E-state index in [1.54, 1.807) is 6.33 Å². The quantitative estimate of drug-likeness (QED) is 0.772. The number of benzene rings is 1. The zero-order chi connectivity index (χ0) is 16.4. The van der Waals surface area contributed by atoms with Gasteiger partial charge in [0.1, 0.15) is 23.2 Å². The lowest BCUT2D eigenvalue weighted by Crippen LogP contribution is -2.24. The molecule has 0 saturated carbocycles. The van der Waals surface area contributed by atoms with E-state index in [2.05, 4.69) is 50.4 Å². The van der Waals surface area contributed by atoms with Crippen molar-refractivity contribution in [3.05, 3.63) is 42.0 Å². The van der Waals surface area contributed by atoms with Crippen LogP contribution in [0, 0.1) is 6.92 Å². The number of hydrogen-bond donors (Lipinski definition) is 2. The van der Waals surface area contributed by atoms with E-state index in [4.69, 9.17) is 4.74 Å². The fourth-order valence-electron chi connectivity index (χ4n) is 2.31. The van der Waals surface area contributed by atoms with Crippen molar-refractivity contribution in [3.8, 4) is 5.75 Å². The van der Waals surface area contributed by atoms with Crippen molar-refractivity contribution in [2.75, 3.05) is 5.32 Å². The molecular formula is C17H21N5O. The molecule has 0 fully saturated rings. The second-order valence-corrected chi connectivity index (χ2v) is 6.50. The second kappa shape index (κ2) is 5.87. The lowest BCUT2D eigenvalue weighted by molar-refractivity contribution is 0.129. The molecule has 0 aliphatic carbocycles. The molecule has 2 N–H and O–H groups in total. The highest BCUT2D eigenvalue weighted by Crippen LogP contribution is 2.26. The molecule has 6 heteroatoms. The van der Waals surface area contributed by atoms with Crippen LogP contribution in [0.1, 0.15) is 31.9 Å². The predicted octanol–water partition coefficient (Wildman–Crippen LogP) is 3.45. The first-order valence-electron chi connectivity index (χ1n) is 7.59. The third-order valence-corrected chi connectivity index (χ3v) is 3.31. The Morgan fingerprint density at radius 1 is 1.17 bits per heavy atom. The van der Waals surface area contributed by atoms with Gasteiger partial charge < -0.3 is 15.0 Å². The highest BCUT2D eigenvalue weighted by Gasteiger charge is 2.15. The van der Waals surface area contributed by atoms with Crippen molar-refractivity contribution < 1.29 is 4.74 Å². The lowest BCUT2D eigenvalue weighted by atomic mass is 10.1. The number of H-pyrrole nitrogens is 1. The maximum Gasteiger partial charge on any atom is 0.182 e. The maximum absolute atomic E-state index is 6.08. The first-order chi connectivity index (χ1) is 10.9. The molecule has 3 aromatic rings. The molecule has 0 spiro atoms. The van der Waals surface area contributed by atoms with Gasteiger partial charge in [0.25, 0.3) is 0 Å². The molecule has 1 aromatic carbocycles. The standard InChI is InChI=1S/C17H21N5O/c1-11-5-6-12(13(7-11)23-17(2,3)4)8-18-15-14-16(20-9-19-14)22-10-21-15/h5-7,9-10H,8H2,1-4H3,(H2,18,19,20,21,22). The van der Waals surface area contributed by atoms with Crippen LogP contribution in [0.15, 0.2) is 30.9 Å². The summed E-state index contributed by atoms with van der Waals surface area (Å²) in [5.41, 5.74) is 3.46. The molecule has 0 amide bonds. The van der Waals surface area contributed by atoms with E-state index in [0.29, 0.717) is 12.2 Å². The van der Waals surface area contributed by atoms with Gasteiger partial charge in [0, 0.05) is 12.1 Å². The van der Waals surface area contributed by atoms with Gasteiger partial charge in [-0.25, -0.2) is 15.0 Å². The molecule has 120 valence electrons. The number of hydrogen-bond acceptors (Lipinski definition) is 5. The van der Waals surface area contributed by atoms with E-state index in [1.807, 2.05) is 20.8 Å². The summed E-state index contributed by atoms with van der Waals surface area (Å²) in [6, 6.07) is 6.22. The van der Waals surface area contributed by atoms with E-state index < -0.39 is 0 Å². The van der Waals surface area contributed by atoms with Gasteiger partial charge in [0.05, 0.1) is 6.33 Å². The number of aromatic amines is 1. The fourth-order valence-corrected chi connectivity index (χ4v) is 2.31. The molecule has 3 rings (SSSR count). The predicted molar refractivity (Wildman–Crippen MR) is 90.6 cm³/mol. The van der Waals surface area contributed by atoms with Gasteiger partial charge in [-0.3, -0.25) is 0 Å². The number of nitrogens with zero attached hydrogens (tertiary/aromatic N) is 3. The molecule has 6 nitrogen and oxygen atoms in total. The molecule has 0 aliphatic rings. The van der Waals surface area contributed by atoms with Gasteiger partial charge in [-0.05, 0) is 39.3 Å². The van der Waals surface area contributed by atoms with Crippen molar-refractivity contribution >= 4 is 17.0 Å². The van der Waals surface area contributed by atoms with Crippen LogP contribution < -0.4 is 10.1 Å². The van der Waals surface area contributed by atoms with Crippen molar-refractivity contribution in [3.63, 3.8) is 0 Å². The lowest BCUT2D eigenvalue weighted by Gasteiger charge is -2.24. The fraction of sp³-hybridized carbons (Fsp3) is 0.353. The highest BCUT2D eigenvalue weighted by molar-refractivity contribution is 5.81. The Hall–Kier alpha value is -2.63. The molecule has 2 aromatic heterocycles. The molecule has 0 radical (unpaired) electrons. The third kappa shape index (κ3) is 3.59. The average Bonchev–Trinajstić information content (AvgIpc) is 2.93. The molecule has 0 unspecified atom stereocenters. The third-order valence-electron chi connectivity index (χ3n) is 3.31. The van der Waals surface area contributed by atoms with E-state index in [1.165, 1.54) is 11.9 Å². The molecule has 0 saturated heterocycles. The van der Waals surface area contributed by atoms with Crippen LogP contribution in [0.2, 0.25) is 0 Å². The minimum atomic E-state index is -0.242. The molecule has 0 bridgehead atoms. The number of nitrogens with one attached hydrogen (secondary N) is 2. The van der Waals surface area contributed by atoms with E-state index in [0.717, 1.165) is 22.6 Å². The van der Waals surface area contributed by atoms with Crippen molar-refractivity contribution in [2.24, 2.45) is 0 Å². The van der Waals surface area contributed by atoms with Gasteiger partial charge in [-0.15, -0.1) is 0 Å². The Bertz CT molecular complexity index is 819. The van der Waals surface area contributed by atoms with Crippen LogP contribution >= 0.6 is 0 Å². The molecule has 2 heterocycles. The van der Waals surface area contributed by atoms with E-state index in [-0.39, 0.29) is 5.60 Å². The number of anilines is 1. The number of ether oxygens (including phenoxy) is 1. The minimum Gasteiger partial charge on any atom is -0.488 e. The summed E-state index contributed by atoms with van der Waals surface area (Å²) >= 11 is 0. The smallest absolute Gasteiger partial charge is 0.182 e. The monoisotopic (exact) mass is 311 g/mol. The van der Waals surface area contributed by atoms with Crippen LogP contribution in [-0.4, -0.2) is 25.5 Å². The van der Waals surface area contributed by atoms with Crippen molar-refractivity contribution in [1.82, 2.24) is 19.9 Å². The summed E-state index contributed by atoms with van der Waals surface area (Å²) in [5.74, 6) is 1.62. The van der Waals surface area contributed by atoms with Gasteiger partial charge in [-0.2, -0.15) is 0 Å². The molecular weight excluding hydrogens is 290 g/mol. The SMILES string of the molecule is Cc1ccc(CNc2ncnc3nc[nH]c23)c(OC(C)(C)C)c1. The number of aromatic nitrogens is 4. The molecule has 0 atom stereocenters. The van der Waals surface area contributed by atoms with Crippen LogP contribution in [0.5, 0.6) is 5.75 Å². The average molecular weight is 311 g/mol. The van der Waals surface area contributed by atoms with Gasteiger partial charge in [-0.1, -0.05) is 12.1 Å². The summed E-state index contributed by atoms with van der Waals surface area (Å²) < 4.78 is 6.08. The molecule has 0 aliphatic heterocycles. The van der Waals surface area contributed by atoms with Gasteiger partial charge >= 0.3 is 0 Å². The zero-order valence-corrected chi connectivity index (χ0v) is 13.8. The normalized spacial score (nSPS) is 11.7. The van der Waals surface area contributed by atoms with Crippen molar-refractivity contribution in [2.45, 2.75) is 39.8 Å². The Labute approximate surface area is 135 Å². The van der Waals surface area contributed by atoms with Crippen LogP contribution in [0.25, 0.3) is 11.2 Å². The molecule has 23 heavy (non-hydrogen) atoms.